The molecule has 0 atom stereocenters. The number of unbranched alkanes of at least 4 members (excludes halogenated alkanes) is 5. The van der Waals surface area contributed by atoms with Gasteiger partial charge in [0.1, 0.15) is 35.3 Å². The summed E-state index contributed by atoms with van der Waals surface area (Å²) >= 11 is 0. The first-order valence-corrected chi connectivity index (χ1v) is 16.0. The number of methoxy groups -OCH3 is 2. The van der Waals surface area contributed by atoms with Gasteiger partial charge in [0.15, 0.2) is 0 Å². The van der Waals surface area contributed by atoms with Crippen molar-refractivity contribution in [3.05, 3.63) is 77.6 Å². The second-order valence-corrected chi connectivity index (χ2v) is 11.8. The number of carbonyl (C=O) groups is 1. The van der Waals surface area contributed by atoms with Gasteiger partial charge in [0, 0.05) is 12.1 Å². The van der Waals surface area contributed by atoms with E-state index in [2.05, 4.69) is 17.1 Å². The number of hydrogen-bond donors (Lipinski definition) is 2. The summed E-state index contributed by atoms with van der Waals surface area (Å²) in [6.45, 7) is 0.254. The number of carboxylic acid groups (broad SMARTS) is 1. The third kappa shape index (κ3) is 11.5. The molecule has 2 N–H and O–H groups in total. The van der Waals surface area contributed by atoms with Gasteiger partial charge in [-0.15, -0.1) is 0 Å². The Labute approximate surface area is 266 Å². The molecular weight excluding hydrogens is 629 g/mol. The summed E-state index contributed by atoms with van der Waals surface area (Å²) in [5.41, 5.74) is -4.08. The first kappa shape index (κ1) is 36.0. The Morgan fingerprint density at radius 1 is 0.870 bits per heavy atom. The number of nitrogens with one attached hydrogen (secondary N) is 1. The van der Waals surface area contributed by atoms with E-state index in [-0.39, 0.29) is 23.8 Å². The molecule has 14 heteroatoms. The number of benzene rings is 2. The number of hydrogen-bond acceptors (Lipinski definition) is 8. The van der Waals surface area contributed by atoms with Crippen molar-refractivity contribution < 1.29 is 50.4 Å². The Hall–Kier alpha value is -4.46. The molecule has 0 fully saturated rings. The van der Waals surface area contributed by atoms with Crippen LogP contribution >= 0.6 is 0 Å². The largest absolute Gasteiger partial charge is 0.516 e. The highest BCUT2D eigenvalue weighted by molar-refractivity contribution is 7.93. The van der Waals surface area contributed by atoms with Gasteiger partial charge in [-0.2, -0.15) is 21.6 Å². The van der Waals surface area contributed by atoms with Crippen LogP contribution in [-0.2, 0) is 27.8 Å². The first-order chi connectivity index (χ1) is 21.9. The zero-order valence-electron chi connectivity index (χ0n) is 25.5. The van der Waals surface area contributed by atoms with Crippen LogP contribution in [0.5, 0.6) is 23.0 Å². The molecular formula is C32H37F3N2O8S. The van der Waals surface area contributed by atoms with E-state index in [1.165, 1.54) is 35.6 Å². The van der Waals surface area contributed by atoms with Gasteiger partial charge >= 0.3 is 21.5 Å². The first-order valence-electron chi connectivity index (χ1n) is 14.5. The van der Waals surface area contributed by atoms with E-state index in [4.69, 9.17) is 24.1 Å². The number of halogens is 3. The van der Waals surface area contributed by atoms with E-state index in [0.717, 1.165) is 62.8 Å². The van der Waals surface area contributed by atoms with E-state index >= 15 is 0 Å². The van der Waals surface area contributed by atoms with Crippen molar-refractivity contribution in [1.29, 1.82) is 0 Å². The van der Waals surface area contributed by atoms with E-state index in [9.17, 15) is 26.4 Å². The Morgan fingerprint density at radius 3 is 2.17 bits per heavy atom. The van der Waals surface area contributed by atoms with Crippen LogP contribution in [0.1, 0.15) is 55.5 Å². The maximum atomic E-state index is 12.9. The number of aryl methyl sites for hydroxylation is 1. The van der Waals surface area contributed by atoms with E-state index in [0.29, 0.717) is 18.1 Å². The molecule has 0 spiro atoms. The fourth-order valence-electron chi connectivity index (χ4n) is 4.31. The zero-order chi connectivity index (χ0) is 33.6. The highest BCUT2D eigenvalue weighted by atomic mass is 32.2. The predicted molar refractivity (Wildman–Crippen MR) is 167 cm³/mol. The summed E-state index contributed by atoms with van der Waals surface area (Å²) < 4.78 is 84.8. The van der Waals surface area contributed by atoms with Crippen molar-refractivity contribution in [2.45, 2.75) is 57.1 Å². The summed E-state index contributed by atoms with van der Waals surface area (Å²) in [6, 6.07) is 15.0. The summed E-state index contributed by atoms with van der Waals surface area (Å²) in [5.74, 6) is -0.0527. The fourth-order valence-corrected chi connectivity index (χ4v) is 4.87. The number of aromatic nitrogens is 1. The second kappa shape index (κ2) is 17.3. The topological polar surface area (TPSA) is 133 Å². The molecule has 1 aromatic heterocycles. The van der Waals surface area contributed by atoms with Crippen LogP contribution in [0.2, 0.25) is 0 Å². The third-order valence-corrected chi connectivity index (χ3v) is 7.81. The molecule has 3 aromatic rings. The third-order valence-electron chi connectivity index (χ3n) is 6.71. The maximum absolute atomic E-state index is 12.9. The van der Waals surface area contributed by atoms with Crippen LogP contribution in [0.25, 0.3) is 6.08 Å². The number of alkyl halides is 3. The van der Waals surface area contributed by atoms with Crippen LogP contribution in [0.4, 0.5) is 18.9 Å². The molecule has 0 amide bonds. The van der Waals surface area contributed by atoms with Gasteiger partial charge in [-0.05, 0) is 67.3 Å². The molecule has 1 heterocycles. The molecule has 10 nitrogen and oxygen atoms in total. The number of sulfonamides is 1. The number of anilines is 1. The quantitative estimate of drug-likeness (QED) is 0.103. The highest BCUT2D eigenvalue weighted by Crippen LogP contribution is 2.33. The Morgan fingerprint density at radius 2 is 1.52 bits per heavy atom. The van der Waals surface area contributed by atoms with Crippen molar-refractivity contribution >= 4 is 27.8 Å². The number of aliphatic carboxylic acids is 1. The molecule has 0 saturated heterocycles. The fraction of sp³-hybridized carbons (Fsp3) is 0.375. The summed E-state index contributed by atoms with van der Waals surface area (Å²) in [6.07, 6.45) is 9.45. The van der Waals surface area contributed by atoms with Crippen molar-refractivity contribution in [1.82, 2.24) is 4.98 Å². The molecule has 0 radical (unpaired) electrons. The predicted octanol–water partition coefficient (Wildman–Crippen LogP) is 7.00. The lowest BCUT2D eigenvalue weighted by Gasteiger charge is -2.15. The van der Waals surface area contributed by atoms with Gasteiger partial charge in [0.05, 0.1) is 32.2 Å². The number of rotatable bonds is 19. The van der Waals surface area contributed by atoms with Crippen LogP contribution in [0.15, 0.2) is 60.7 Å². The summed E-state index contributed by atoms with van der Waals surface area (Å²) in [5, 5.41) is 9.09. The van der Waals surface area contributed by atoms with Crippen LogP contribution in [-0.4, -0.2) is 50.8 Å². The minimum absolute atomic E-state index is 0.0335. The van der Waals surface area contributed by atoms with Gasteiger partial charge in [-0.3, -0.25) is 4.72 Å². The number of nitrogens with zero attached hydrogens (tertiary/aromatic N) is 1. The molecule has 0 aliphatic heterocycles. The van der Waals surface area contributed by atoms with Gasteiger partial charge in [0.2, 0.25) is 0 Å². The van der Waals surface area contributed by atoms with Crippen LogP contribution in [0.3, 0.4) is 0 Å². The standard InChI is InChI=1S/C32H37F3N2O8S/c1-42-25-13-10-23(11-14-25)9-7-5-3-4-6-8-20-44-30-17-12-24(36-27(30)16-19-31(38)39)22-45-26-15-18-29(43-2)28(21-26)37-46(40,41)32(33,34)35/h10-19,21,37H,3-9,20,22H2,1-2H3,(H,38,39). The lowest BCUT2D eigenvalue weighted by molar-refractivity contribution is -0.131. The van der Waals surface area contributed by atoms with Gasteiger partial charge < -0.3 is 24.1 Å². The molecule has 250 valence electrons. The number of carboxylic acids is 1. The molecule has 2 aromatic carbocycles. The average Bonchev–Trinajstić information content (AvgIpc) is 3.02. The van der Waals surface area contributed by atoms with Gasteiger partial charge in [-0.25, -0.2) is 9.78 Å². The molecule has 0 bridgehead atoms. The molecule has 46 heavy (non-hydrogen) atoms. The smallest absolute Gasteiger partial charge is 0.497 e. The average molecular weight is 667 g/mol. The summed E-state index contributed by atoms with van der Waals surface area (Å²) in [4.78, 5) is 15.5. The highest BCUT2D eigenvalue weighted by Gasteiger charge is 2.46. The minimum Gasteiger partial charge on any atom is -0.497 e. The van der Waals surface area contributed by atoms with Gasteiger partial charge in [0.25, 0.3) is 0 Å². The van der Waals surface area contributed by atoms with E-state index in [1.807, 2.05) is 12.1 Å². The number of pyridine rings is 1. The van der Waals surface area contributed by atoms with Crippen LogP contribution in [0, 0.1) is 0 Å². The van der Waals surface area contributed by atoms with Gasteiger partial charge in [-0.1, -0.05) is 37.8 Å². The van der Waals surface area contributed by atoms with E-state index < -0.39 is 27.2 Å². The molecule has 3 rings (SSSR count). The molecule has 0 aliphatic rings. The summed E-state index contributed by atoms with van der Waals surface area (Å²) in [7, 11) is -2.87. The van der Waals surface area contributed by atoms with Crippen molar-refractivity contribution in [2.75, 3.05) is 25.5 Å². The normalized spacial score (nSPS) is 11.8. The lowest BCUT2D eigenvalue weighted by Crippen LogP contribution is -2.30. The minimum atomic E-state index is -5.69. The SMILES string of the molecule is COc1ccc(CCCCCCCCOc2ccc(COc3ccc(OC)c(NS(=O)(=O)C(F)(F)F)c3)nc2C=CC(=O)O)cc1. The second-order valence-electron chi connectivity index (χ2n) is 10.1. The zero-order valence-corrected chi connectivity index (χ0v) is 26.3. The molecule has 0 unspecified atom stereocenters. The maximum Gasteiger partial charge on any atom is 0.516 e. The van der Waals surface area contributed by atoms with Crippen LogP contribution < -0.4 is 23.7 Å². The van der Waals surface area contributed by atoms with Crippen molar-refractivity contribution in [3.8, 4) is 23.0 Å². The Kier molecular flexibility index (Phi) is 13.5. The monoisotopic (exact) mass is 666 g/mol. The van der Waals surface area contributed by atoms with Crippen molar-refractivity contribution in [3.63, 3.8) is 0 Å². The molecule has 0 saturated carbocycles. The van der Waals surface area contributed by atoms with E-state index in [1.54, 1.807) is 19.2 Å². The lowest BCUT2D eigenvalue weighted by atomic mass is 10.0. The Balaban J connectivity index is 1.51. The number of ether oxygens (including phenoxy) is 4. The Bertz CT molecular complexity index is 1560. The molecule has 0 aliphatic carbocycles. The van der Waals surface area contributed by atoms with Crippen molar-refractivity contribution in [2.24, 2.45) is 0 Å².